The van der Waals surface area contributed by atoms with Crippen LogP contribution in [0.5, 0.6) is 0 Å². The van der Waals surface area contributed by atoms with E-state index >= 15 is 0 Å². The van der Waals surface area contributed by atoms with Crippen molar-refractivity contribution in [1.29, 1.82) is 0 Å². The van der Waals surface area contributed by atoms with Crippen molar-refractivity contribution in [1.82, 2.24) is 4.90 Å². The lowest BCUT2D eigenvalue weighted by molar-refractivity contribution is -0.167. The molecule has 0 aromatic carbocycles. The number of nitrogens with zero attached hydrogens (tertiary/aromatic N) is 1. The third-order valence-corrected chi connectivity index (χ3v) is 4.42. The van der Waals surface area contributed by atoms with E-state index in [1.54, 1.807) is 14.1 Å². The van der Waals surface area contributed by atoms with Crippen LogP contribution in [0.1, 0.15) is 40.0 Å². The summed E-state index contributed by atoms with van der Waals surface area (Å²) in [6, 6.07) is 0. The third-order valence-electron chi connectivity index (χ3n) is 4.42. The van der Waals surface area contributed by atoms with Gasteiger partial charge in [0.05, 0.1) is 17.6 Å². The van der Waals surface area contributed by atoms with Crippen LogP contribution in [0.2, 0.25) is 0 Å². The molecular weight excluding hydrogens is 274 g/mol. The highest BCUT2D eigenvalue weighted by Gasteiger charge is 2.54. The number of carbonyl (C=O) groups excluding carboxylic acids is 2. The van der Waals surface area contributed by atoms with Crippen LogP contribution in [-0.2, 0) is 19.0 Å². The molecule has 2 rings (SSSR count). The molecule has 4 atom stereocenters. The van der Waals surface area contributed by atoms with Crippen molar-refractivity contribution in [3.63, 3.8) is 0 Å². The lowest BCUT2D eigenvalue weighted by Gasteiger charge is -2.31. The average Bonchev–Trinajstić information content (AvgIpc) is 3.01. The molecule has 0 aromatic rings. The van der Waals surface area contributed by atoms with Gasteiger partial charge in [0, 0.05) is 14.1 Å². The van der Waals surface area contributed by atoms with Crippen LogP contribution >= 0.6 is 0 Å². The van der Waals surface area contributed by atoms with Gasteiger partial charge in [-0.15, -0.1) is 0 Å². The summed E-state index contributed by atoms with van der Waals surface area (Å²) in [6.45, 7) is 5.65. The second kappa shape index (κ2) is 5.83. The highest BCUT2D eigenvalue weighted by molar-refractivity contribution is 5.76. The molecule has 0 aromatic heterocycles. The molecule has 21 heavy (non-hydrogen) atoms. The minimum absolute atomic E-state index is 0.161. The van der Waals surface area contributed by atoms with Gasteiger partial charge in [-0.3, -0.25) is 4.79 Å². The van der Waals surface area contributed by atoms with Crippen LogP contribution in [0.4, 0.5) is 4.79 Å². The van der Waals surface area contributed by atoms with Crippen LogP contribution in [0.25, 0.3) is 0 Å². The zero-order chi connectivity index (χ0) is 15.8. The Kier molecular flexibility index (Phi) is 4.46. The van der Waals surface area contributed by atoms with Crippen molar-refractivity contribution in [3.05, 3.63) is 0 Å². The first kappa shape index (κ1) is 16.1. The van der Waals surface area contributed by atoms with Gasteiger partial charge >= 0.3 is 12.1 Å². The van der Waals surface area contributed by atoms with Crippen LogP contribution < -0.4 is 0 Å². The molecule has 2 aliphatic heterocycles. The van der Waals surface area contributed by atoms with E-state index < -0.39 is 23.7 Å². The van der Waals surface area contributed by atoms with Crippen molar-refractivity contribution < 1.29 is 23.8 Å². The monoisotopic (exact) mass is 299 g/mol. The number of hydrogen-bond acceptors (Lipinski definition) is 5. The standard InChI is InChI=1S/C15H25NO5/c1-6-15(2,3)13(17)20-11-9-7-8-10(19-9)12(11)21-14(18)16(4)5/h9-12H,6-8H2,1-5H3. The van der Waals surface area contributed by atoms with Gasteiger partial charge < -0.3 is 19.1 Å². The number of ether oxygens (including phenoxy) is 3. The predicted octanol–water partition coefficient (Wildman–Crippen LogP) is 1.96. The van der Waals surface area contributed by atoms with E-state index in [0.717, 1.165) is 12.8 Å². The number of rotatable bonds is 4. The lowest BCUT2D eigenvalue weighted by atomic mass is 9.89. The van der Waals surface area contributed by atoms with E-state index in [9.17, 15) is 9.59 Å². The predicted molar refractivity (Wildman–Crippen MR) is 75.8 cm³/mol. The molecule has 0 spiro atoms. The van der Waals surface area contributed by atoms with Crippen LogP contribution in [-0.4, -0.2) is 55.5 Å². The smallest absolute Gasteiger partial charge is 0.409 e. The van der Waals surface area contributed by atoms with Gasteiger partial charge in [0.2, 0.25) is 0 Å². The summed E-state index contributed by atoms with van der Waals surface area (Å²) in [4.78, 5) is 25.4. The van der Waals surface area contributed by atoms with Gasteiger partial charge in [0.1, 0.15) is 0 Å². The molecule has 6 nitrogen and oxygen atoms in total. The Morgan fingerprint density at radius 3 is 2.14 bits per heavy atom. The molecule has 2 bridgehead atoms. The molecule has 1 amide bonds. The van der Waals surface area contributed by atoms with Crippen molar-refractivity contribution in [2.75, 3.05) is 14.1 Å². The molecular formula is C15H25NO5. The maximum Gasteiger partial charge on any atom is 0.409 e. The SMILES string of the molecule is CCC(C)(C)C(=O)OC1C2CCC(O2)C1OC(=O)N(C)C. The Hall–Kier alpha value is -1.30. The zero-order valence-electron chi connectivity index (χ0n) is 13.4. The highest BCUT2D eigenvalue weighted by atomic mass is 16.6. The van der Waals surface area contributed by atoms with Crippen LogP contribution in [0, 0.1) is 5.41 Å². The summed E-state index contributed by atoms with van der Waals surface area (Å²) in [5.41, 5.74) is -0.544. The molecule has 0 saturated carbocycles. The summed E-state index contributed by atoms with van der Waals surface area (Å²) >= 11 is 0. The summed E-state index contributed by atoms with van der Waals surface area (Å²) < 4.78 is 16.8. The summed E-state index contributed by atoms with van der Waals surface area (Å²) in [6.07, 6.45) is 0.600. The first-order valence-corrected chi connectivity index (χ1v) is 7.50. The van der Waals surface area contributed by atoms with Gasteiger partial charge in [0.15, 0.2) is 12.2 Å². The molecule has 2 fully saturated rings. The first-order valence-electron chi connectivity index (χ1n) is 7.50. The van der Waals surface area contributed by atoms with E-state index in [1.807, 2.05) is 20.8 Å². The molecule has 2 saturated heterocycles. The molecule has 6 heteroatoms. The number of fused-ring (bicyclic) bond motifs is 2. The Bertz CT molecular complexity index is 420. The summed E-state index contributed by atoms with van der Waals surface area (Å²) in [7, 11) is 3.25. The molecule has 0 N–H and O–H groups in total. The van der Waals surface area contributed by atoms with Gasteiger partial charge in [-0.1, -0.05) is 6.92 Å². The molecule has 0 aliphatic carbocycles. The maximum absolute atomic E-state index is 12.3. The average molecular weight is 299 g/mol. The Labute approximate surface area is 125 Å². The fourth-order valence-electron chi connectivity index (χ4n) is 2.53. The first-order chi connectivity index (χ1) is 9.76. The van der Waals surface area contributed by atoms with E-state index in [0.29, 0.717) is 6.42 Å². The Morgan fingerprint density at radius 2 is 1.67 bits per heavy atom. The van der Waals surface area contributed by atoms with E-state index in [2.05, 4.69) is 0 Å². The second-order valence-corrected chi connectivity index (χ2v) is 6.64. The van der Waals surface area contributed by atoms with E-state index in [1.165, 1.54) is 4.90 Å². The fraction of sp³-hybridized carbons (Fsp3) is 0.867. The minimum Gasteiger partial charge on any atom is -0.455 e. The summed E-state index contributed by atoms with van der Waals surface area (Å²) in [5.74, 6) is -0.267. The van der Waals surface area contributed by atoms with Gasteiger partial charge in [-0.05, 0) is 33.1 Å². The second-order valence-electron chi connectivity index (χ2n) is 6.64. The quantitative estimate of drug-likeness (QED) is 0.742. The lowest BCUT2D eigenvalue weighted by Crippen LogP contribution is -2.46. The fourth-order valence-corrected chi connectivity index (χ4v) is 2.53. The maximum atomic E-state index is 12.3. The minimum atomic E-state index is -0.544. The largest absolute Gasteiger partial charge is 0.455 e. The van der Waals surface area contributed by atoms with Crippen molar-refractivity contribution in [3.8, 4) is 0 Å². The number of amides is 1. The third kappa shape index (κ3) is 3.15. The molecule has 2 aliphatic rings. The van der Waals surface area contributed by atoms with Crippen molar-refractivity contribution in [2.24, 2.45) is 5.41 Å². The molecule has 120 valence electrons. The van der Waals surface area contributed by atoms with E-state index in [-0.39, 0.29) is 18.2 Å². The zero-order valence-corrected chi connectivity index (χ0v) is 13.4. The normalized spacial score (nSPS) is 31.1. The number of esters is 1. The van der Waals surface area contributed by atoms with Gasteiger partial charge in [0.25, 0.3) is 0 Å². The van der Waals surface area contributed by atoms with Crippen molar-refractivity contribution in [2.45, 2.75) is 64.4 Å². The van der Waals surface area contributed by atoms with Gasteiger partial charge in [-0.25, -0.2) is 4.79 Å². The van der Waals surface area contributed by atoms with Crippen molar-refractivity contribution >= 4 is 12.1 Å². The highest BCUT2D eigenvalue weighted by Crippen LogP contribution is 2.39. The van der Waals surface area contributed by atoms with Crippen LogP contribution in [0.3, 0.4) is 0 Å². The molecule has 0 radical (unpaired) electrons. The molecule has 2 heterocycles. The summed E-state index contributed by atoms with van der Waals surface area (Å²) in [5, 5.41) is 0. The number of carbonyl (C=O) groups is 2. The molecule has 4 unspecified atom stereocenters. The topological polar surface area (TPSA) is 65.1 Å². The van der Waals surface area contributed by atoms with Gasteiger partial charge in [-0.2, -0.15) is 0 Å². The Morgan fingerprint density at radius 1 is 1.14 bits per heavy atom. The number of hydrogen-bond donors (Lipinski definition) is 0. The van der Waals surface area contributed by atoms with Crippen LogP contribution in [0.15, 0.2) is 0 Å². The Balaban J connectivity index is 2.06. The van der Waals surface area contributed by atoms with E-state index in [4.69, 9.17) is 14.2 Å².